The number of carbonyl (C=O) groups excluding carboxylic acids is 2. The quantitative estimate of drug-likeness (QED) is 0.729. The molecular formula is C20H30FN3O3. The summed E-state index contributed by atoms with van der Waals surface area (Å²) in [6.07, 6.45) is 2.08. The van der Waals surface area contributed by atoms with Crippen molar-refractivity contribution in [1.82, 2.24) is 10.2 Å². The van der Waals surface area contributed by atoms with E-state index in [0.717, 1.165) is 25.9 Å². The highest BCUT2D eigenvalue weighted by Gasteiger charge is 2.27. The van der Waals surface area contributed by atoms with Crippen LogP contribution in [0.25, 0.3) is 0 Å². The second-order valence-corrected chi connectivity index (χ2v) is 6.88. The summed E-state index contributed by atoms with van der Waals surface area (Å²) in [4.78, 5) is 26.2. The van der Waals surface area contributed by atoms with Gasteiger partial charge in [-0.1, -0.05) is 26.7 Å². The lowest BCUT2D eigenvalue weighted by atomic mass is 9.92. The molecule has 1 aromatic carbocycles. The van der Waals surface area contributed by atoms with Crippen molar-refractivity contribution in [3.05, 3.63) is 29.6 Å². The van der Waals surface area contributed by atoms with E-state index in [1.54, 1.807) is 0 Å². The molecule has 6 nitrogen and oxygen atoms in total. The molecule has 0 saturated carbocycles. The predicted molar refractivity (Wildman–Crippen MR) is 103 cm³/mol. The second kappa shape index (κ2) is 10.4. The van der Waals surface area contributed by atoms with Gasteiger partial charge in [0.1, 0.15) is 5.82 Å². The molecule has 0 spiro atoms. The van der Waals surface area contributed by atoms with Crippen LogP contribution in [-0.2, 0) is 9.53 Å². The van der Waals surface area contributed by atoms with E-state index in [-0.39, 0.29) is 23.5 Å². The lowest BCUT2D eigenvalue weighted by Gasteiger charge is -2.38. The average Bonchev–Trinajstić information content (AvgIpc) is 2.67. The molecule has 150 valence electrons. The van der Waals surface area contributed by atoms with Crippen LogP contribution in [0.5, 0.6) is 0 Å². The first kappa shape index (κ1) is 21.3. The van der Waals surface area contributed by atoms with Crippen molar-refractivity contribution in [2.45, 2.75) is 39.7 Å². The molecule has 1 heterocycles. The number of nitrogens with zero attached hydrogens (tertiary/aromatic N) is 1. The topological polar surface area (TPSA) is 70.7 Å². The molecule has 1 aromatic rings. The normalized spacial score (nSPS) is 16.2. The van der Waals surface area contributed by atoms with Crippen LogP contribution in [0.1, 0.15) is 44.0 Å². The summed E-state index contributed by atoms with van der Waals surface area (Å²) < 4.78 is 19.2. The van der Waals surface area contributed by atoms with E-state index in [4.69, 9.17) is 4.74 Å². The minimum atomic E-state index is -0.565. The van der Waals surface area contributed by atoms with Gasteiger partial charge in [0.15, 0.2) is 0 Å². The minimum Gasteiger partial charge on any atom is -0.379 e. The lowest BCUT2D eigenvalue weighted by Crippen LogP contribution is -2.52. The number of hydrogen-bond donors (Lipinski definition) is 2. The maximum Gasteiger partial charge on any atom is 0.251 e. The van der Waals surface area contributed by atoms with Crippen LogP contribution in [0.4, 0.5) is 10.1 Å². The molecule has 7 heteroatoms. The molecule has 1 saturated heterocycles. The maximum atomic E-state index is 13.8. The number of ether oxygens (including phenoxy) is 1. The van der Waals surface area contributed by atoms with E-state index in [2.05, 4.69) is 29.4 Å². The number of anilines is 1. The third-order valence-corrected chi connectivity index (χ3v) is 5.12. The van der Waals surface area contributed by atoms with Crippen molar-refractivity contribution in [3.8, 4) is 0 Å². The Hall–Kier alpha value is -1.99. The van der Waals surface area contributed by atoms with Crippen molar-refractivity contribution in [3.63, 3.8) is 0 Å². The molecule has 0 bridgehead atoms. The number of hydrogen-bond acceptors (Lipinski definition) is 4. The zero-order chi connectivity index (χ0) is 19.8. The molecular weight excluding hydrogens is 349 g/mol. The monoisotopic (exact) mass is 379 g/mol. The molecule has 1 unspecified atom stereocenters. The van der Waals surface area contributed by atoms with Crippen LogP contribution in [0.15, 0.2) is 18.2 Å². The van der Waals surface area contributed by atoms with Crippen LogP contribution in [0.2, 0.25) is 0 Å². The van der Waals surface area contributed by atoms with Gasteiger partial charge < -0.3 is 15.4 Å². The lowest BCUT2D eigenvalue weighted by molar-refractivity contribution is -0.114. The Balaban J connectivity index is 2.07. The van der Waals surface area contributed by atoms with E-state index in [9.17, 15) is 14.0 Å². The first-order chi connectivity index (χ1) is 13.0. The summed E-state index contributed by atoms with van der Waals surface area (Å²) >= 11 is 0. The summed E-state index contributed by atoms with van der Waals surface area (Å²) in [7, 11) is 0. The van der Waals surface area contributed by atoms with E-state index in [1.165, 1.54) is 25.1 Å². The van der Waals surface area contributed by atoms with Crippen LogP contribution < -0.4 is 10.6 Å². The number of carbonyl (C=O) groups is 2. The van der Waals surface area contributed by atoms with Gasteiger partial charge in [0.25, 0.3) is 5.91 Å². The largest absolute Gasteiger partial charge is 0.379 e. The fraction of sp³-hybridized carbons (Fsp3) is 0.600. The van der Waals surface area contributed by atoms with Gasteiger partial charge in [-0.2, -0.15) is 0 Å². The van der Waals surface area contributed by atoms with Gasteiger partial charge in [0.2, 0.25) is 5.91 Å². The standard InChI is InChI=1S/C20H30FN3O3/c1-4-15(5-2)19(24-8-10-27-11-9-24)13-22-20(26)16-6-7-17(21)18(12-16)23-14(3)25/h6-7,12,15,19H,4-5,8-11,13H2,1-3H3,(H,22,26)(H,23,25). The Morgan fingerprint density at radius 1 is 1.22 bits per heavy atom. The van der Waals surface area contributed by atoms with E-state index in [1.807, 2.05) is 0 Å². The number of halogens is 1. The highest BCUT2D eigenvalue weighted by Crippen LogP contribution is 2.20. The smallest absolute Gasteiger partial charge is 0.251 e. The van der Waals surface area contributed by atoms with Crippen molar-refractivity contribution >= 4 is 17.5 Å². The summed E-state index contributed by atoms with van der Waals surface area (Å²) in [6, 6.07) is 4.23. The van der Waals surface area contributed by atoms with Crippen LogP contribution in [0.3, 0.4) is 0 Å². The highest BCUT2D eigenvalue weighted by atomic mass is 19.1. The molecule has 0 aliphatic carbocycles. The number of benzene rings is 1. The Bertz CT molecular complexity index is 643. The fourth-order valence-corrected chi connectivity index (χ4v) is 3.59. The molecule has 2 N–H and O–H groups in total. The number of morpholine rings is 1. The van der Waals surface area contributed by atoms with Gasteiger partial charge in [-0.05, 0) is 24.1 Å². The summed E-state index contributed by atoms with van der Waals surface area (Å²) in [5.41, 5.74) is 0.338. The van der Waals surface area contributed by atoms with Crippen LogP contribution >= 0.6 is 0 Å². The third-order valence-electron chi connectivity index (χ3n) is 5.12. The van der Waals surface area contributed by atoms with E-state index < -0.39 is 5.82 Å². The molecule has 2 rings (SSSR count). The molecule has 1 aliphatic heterocycles. The van der Waals surface area contributed by atoms with Crippen LogP contribution in [0, 0.1) is 11.7 Å². The predicted octanol–water partition coefficient (Wildman–Crippen LogP) is 2.65. The van der Waals surface area contributed by atoms with Crippen molar-refractivity contribution in [2.24, 2.45) is 5.92 Å². The number of rotatable bonds is 8. The van der Waals surface area contributed by atoms with Crippen LogP contribution in [-0.4, -0.2) is 55.6 Å². The molecule has 2 amide bonds. The molecule has 27 heavy (non-hydrogen) atoms. The molecule has 1 aliphatic rings. The third kappa shape index (κ3) is 6.01. The number of nitrogens with one attached hydrogen (secondary N) is 2. The first-order valence-electron chi connectivity index (χ1n) is 9.63. The molecule has 0 radical (unpaired) electrons. The van der Waals surface area contributed by atoms with Gasteiger partial charge >= 0.3 is 0 Å². The molecule has 1 fully saturated rings. The van der Waals surface area contributed by atoms with Crippen molar-refractivity contribution in [2.75, 3.05) is 38.2 Å². The maximum absolute atomic E-state index is 13.8. The van der Waals surface area contributed by atoms with Gasteiger partial charge in [0.05, 0.1) is 18.9 Å². The zero-order valence-corrected chi connectivity index (χ0v) is 16.4. The Morgan fingerprint density at radius 2 is 1.89 bits per heavy atom. The molecule has 0 aromatic heterocycles. The van der Waals surface area contributed by atoms with Crippen molar-refractivity contribution in [1.29, 1.82) is 0 Å². The second-order valence-electron chi connectivity index (χ2n) is 6.88. The van der Waals surface area contributed by atoms with Gasteiger partial charge in [-0.3, -0.25) is 14.5 Å². The van der Waals surface area contributed by atoms with E-state index >= 15 is 0 Å². The first-order valence-corrected chi connectivity index (χ1v) is 9.63. The summed E-state index contributed by atoms with van der Waals surface area (Å²) in [5, 5.41) is 5.39. The highest BCUT2D eigenvalue weighted by molar-refractivity contribution is 5.96. The average molecular weight is 379 g/mol. The summed E-state index contributed by atoms with van der Waals surface area (Å²) in [5.74, 6) is -0.741. The molecule has 1 atom stereocenters. The van der Waals surface area contributed by atoms with Gasteiger partial charge in [-0.25, -0.2) is 4.39 Å². The zero-order valence-electron chi connectivity index (χ0n) is 16.4. The van der Waals surface area contributed by atoms with Crippen molar-refractivity contribution < 1.29 is 18.7 Å². The fourth-order valence-electron chi connectivity index (χ4n) is 3.59. The van der Waals surface area contributed by atoms with E-state index in [0.29, 0.717) is 31.2 Å². The SMILES string of the molecule is CCC(CC)C(CNC(=O)c1ccc(F)c(NC(C)=O)c1)N1CCOCC1. The Labute approximate surface area is 160 Å². The van der Waals surface area contributed by atoms with Gasteiger partial charge in [-0.15, -0.1) is 0 Å². The van der Waals surface area contributed by atoms with Gasteiger partial charge in [0, 0.05) is 38.2 Å². The Morgan fingerprint density at radius 3 is 2.48 bits per heavy atom. The number of amides is 2. The Kier molecular flexibility index (Phi) is 8.19. The summed E-state index contributed by atoms with van der Waals surface area (Å²) in [6.45, 7) is 9.31. The minimum absolute atomic E-state index is 0.0138.